The summed E-state index contributed by atoms with van der Waals surface area (Å²) in [7, 11) is 1.90. The summed E-state index contributed by atoms with van der Waals surface area (Å²) in [6.45, 7) is 4.40. The van der Waals surface area contributed by atoms with Gasteiger partial charge in [-0.15, -0.1) is 0 Å². The van der Waals surface area contributed by atoms with Crippen molar-refractivity contribution < 1.29 is 9.53 Å². The number of carbonyl (C=O) groups excluding carboxylic acids is 1. The second kappa shape index (κ2) is 6.45. The Morgan fingerprint density at radius 2 is 2.30 bits per heavy atom. The van der Waals surface area contributed by atoms with E-state index in [0.29, 0.717) is 24.7 Å². The highest BCUT2D eigenvalue weighted by Crippen LogP contribution is 2.34. The van der Waals surface area contributed by atoms with Gasteiger partial charge in [-0.05, 0) is 19.8 Å². The van der Waals surface area contributed by atoms with Crippen LogP contribution in [0.15, 0.2) is 18.5 Å². The second-order valence-electron chi connectivity index (χ2n) is 5.72. The molecule has 1 aliphatic heterocycles. The molecule has 1 amide bonds. The first-order chi connectivity index (χ1) is 11.1. The van der Waals surface area contributed by atoms with Crippen molar-refractivity contribution in [1.29, 1.82) is 0 Å². The maximum Gasteiger partial charge on any atom is 0.231 e. The highest BCUT2D eigenvalue weighted by atomic mass is 16.5. The molecule has 1 saturated heterocycles. The molecular formula is C16H21N5O2. The van der Waals surface area contributed by atoms with Gasteiger partial charge in [0.05, 0.1) is 5.92 Å². The lowest BCUT2D eigenvalue weighted by molar-refractivity contribution is -0.121. The number of aromatic nitrogens is 4. The van der Waals surface area contributed by atoms with Gasteiger partial charge in [0.15, 0.2) is 0 Å². The van der Waals surface area contributed by atoms with Crippen LogP contribution >= 0.6 is 0 Å². The first-order valence-corrected chi connectivity index (χ1v) is 7.82. The Morgan fingerprint density at radius 1 is 1.48 bits per heavy atom. The van der Waals surface area contributed by atoms with Crippen LogP contribution < -0.4 is 5.32 Å². The molecule has 7 nitrogen and oxygen atoms in total. The zero-order chi connectivity index (χ0) is 16.4. The van der Waals surface area contributed by atoms with E-state index < -0.39 is 0 Å². The Balaban J connectivity index is 1.77. The molecule has 1 aliphatic rings. The lowest BCUT2D eigenvalue weighted by atomic mass is 10.00. The predicted molar refractivity (Wildman–Crippen MR) is 84.8 cm³/mol. The summed E-state index contributed by atoms with van der Waals surface area (Å²) in [6.07, 6.45) is 4.73. The van der Waals surface area contributed by atoms with Gasteiger partial charge in [0.25, 0.3) is 0 Å². The minimum Gasteiger partial charge on any atom is -0.369 e. The Bertz CT molecular complexity index is 712. The molecule has 0 radical (unpaired) electrons. The first kappa shape index (κ1) is 15.6. The van der Waals surface area contributed by atoms with Crippen molar-refractivity contribution in [2.45, 2.75) is 32.8 Å². The number of hydrogen-bond donors (Lipinski definition) is 1. The van der Waals surface area contributed by atoms with E-state index in [2.05, 4.69) is 20.3 Å². The topological polar surface area (TPSA) is 81.9 Å². The first-order valence-electron chi connectivity index (χ1n) is 7.82. The molecule has 2 aromatic rings. The largest absolute Gasteiger partial charge is 0.369 e. The van der Waals surface area contributed by atoms with E-state index in [1.165, 1.54) is 0 Å². The van der Waals surface area contributed by atoms with Crippen LogP contribution in [0.25, 0.3) is 0 Å². The molecule has 0 unspecified atom stereocenters. The third kappa shape index (κ3) is 3.24. The molecule has 0 spiro atoms. The maximum absolute atomic E-state index is 12.7. The lowest BCUT2D eigenvalue weighted by Crippen LogP contribution is -2.27. The highest BCUT2D eigenvalue weighted by Gasteiger charge is 2.37. The van der Waals surface area contributed by atoms with E-state index in [-0.39, 0.29) is 17.9 Å². The number of anilines is 1. The Labute approximate surface area is 135 Å². The minimum atomic E-state index is -0.316. The molecule has 3 heterocycles. The van der Waals surface area contributed by atoms with Crippen molar-refractivity contribution in [3.63, 3.8) is 0 Å². The van der Waals surface area contributed by atoms with Gasteiger partial charge >= 0.3 is 0 Å². The summed E-state index contributed by atoms with van der Waals surface area (Å²) in [5, 5.41) is 2.90. The number of rotatable bonds is 4. The van der Waals surface area contributed by atoms with Crippen LogP contribution in [0.4, 0.5) is 5.82 Å². The number of aryl methyl sites for hydroxylation is 3. The fourth-order valence-electron chi connectivity index (χ4n) is 2.86. The Kier molecular flexibility index (Phi) is 4.38. The van der Waals surface area contributed by atoms with Crippen LogP contribution in [0.3, 0.4) is 0 Å². The van der Waals surface area contributed by atoms with Gasteiger partial charge < -0.3 is 14.6 Å². The van der Waals surface area contributed by atoms with Crippen LogP contribution in [0, 0.1) is 12.8 Å². The zero-order valence-corrected chi connectivity index (χ0v) is 13.6. The fourth-order valence-corrected chi connectivity index (χ4v) is 2.86. The molecule has 2 atom stereocenters. The number of ether oxygens (including phenoxy) is 1. The molecule has 2 aromatic heterocycles. The van der Waals surface area contributed by atoms with Crippen LogP contribution in [0.2, 0.25) is 0 Å². The van der Waals surface area contributed by atoms with Crippen molar-refractivity contribution in [3.8, 4) is 0 Å². The molecule has 3 rings (SSSR count). The number of nitrogens with one attached hydrogen (secondary N) is 1. The molecule has 0 aliphatic carbocycles. The summed E-state index contributed by atoms with van der Waals surface area (Å²) < 4.78 is 7.63. The zero-order valence-electron chi connectivity index (χ0n) is 13.6. The van der Waals surface area contributed by atoms with Gasteiger partial charge in [-0.1, -0.05) is 6.92 Å². The molecule has 122 valence electrons. The number of amides is 1. The molecule has 7 heteroatoms. The summed E-state index contributed by atoms with van der Waals surface area (Å²) in [6, 6.07) is 1.82. The van der Waals surface area contributed by atoms with Gasteiger partial charge in [0.1, 0.15) is 23.6 Å². The Morgan fingerprint density at radius 3 is 3.00 bits per heavy atom. The van der Waals surface area contributed by atoms with Crippen molar-refractivity contribution in [1.82, 2.24) is 19.5 Å². The average Bonchev–Trinajstić information content (AvgIpc) is 3.14. The summed E-state index contributed by atoms with van der Waals surface area (Å²) in [5.41, 5.74) is 0.913. The van der Waals surface area contributed by atoms with Gasteiger partial charge in [-0.2, -0.15) is 0 Å². The minimum absolute atomic E-state index is 0.0874. The predicted octanol–water partition coefficient (Wildman–Crippen LogP) is 1.80. The lowest BCUT2D eigenvalue weighted by Gasteiger charge is -2.18. The number of hydrogen-bond acceptors (Lipinski definition) is 5. The normalized spacial score (nSPS) is 20.7. The van der Waals surface area contributed by atoms with Crippen molar-refractivity contribution >= 4 is 11.7 Å². The average molecular weight is 315 g/mol. The molecule has 1 N–H and O–H groups in total. The second-order valence-corrected chi connectivity index (χ2v) is 5.72. The third-order valence-corrected chi connectivity index (χ3v) is 4.05. The summed E-state index contributed by atoms with van der Waals surface area (Å²) in [4.78, 5) is 25.6. The van der Waals surface area contributed by atoms with Crippen molar-refractivity contribution in [2.75, 3.05) is 11.9 Å². The summed E-state index contributed by atoms with van der Waals surface area (Å²) in [5.74, 6) is 1.62. The van der Waals surface area contributed by atoms with E-state index in [4.69, 9.17) is 4.74 Å². The molecular weight excluding hydrogens is 294 g/mol. The Hall–Kier alpha value is -2.28. The summed E-state index contributed by atoms with van der Waals surface area (Å²) >= 11 is 0. The molecule has 0 aromatic carbocycles. The van der Waals surface area contributed by atoms with Crippen LogP contribution in [-0.2, 0) is 23.0 Å². The standard InChI is InChI=1S/C16H21N5O2/c1-4-11-9-13(19-10(2)18-11)20-16(22)12-5-8-23-14(12)15-17-6-7-21(15)3/h6-7,9,12,14H,4-5,8H2,1-3H3,(H,18,19,20,22)/t12-,14-/m1/s1. The van der Waals surface area contributed by atoms with Crippen LogP contribution in [0.5, 0.6) is 0 Å². The van der Waals surface area contributed by atoms with Crippen molar-refractivity contribution in [2.24, 2.45) is 13.0 Å². The fraction of sp³-hybridized carbons (Fsp3) is 0.500. The van der Waals surface area contributed by atoms with E-state index in [0.717, 1.165) is 17.9 Å². The van der Waals surface area contributed by atoms with Gasteiger partial charge in [0.2, 0.25) is 5.91 Å². The van der Waals surface area contributed by atoms with E-state index >= 15 is 0 Å². The number of imidazole rings is 1. The number of carbonyl (C=O) groups is 1. The molecule has 0 bridgehead atoms. The third-order valence-electron chi connectivity index (χ3n) is 4.05. The van der Waals surface area contributed by atoms with Gasteiger partial charge in [-0.25, -0.2) is 15.0 Å². The van der Waals surface area contributed by atoms with Gasteiger partial charge in [0, 0.05) is 37.8 Å². The quantitative estimate of drug-likeness (QED) is 0.930. The molecule has 0 saturated carbocycles. The van der Waals surface area contributed by atoms with Gasteiger partial charge in [-0.3, -0.25) is 4.79 Å². The van der Waals surface area contributed by atoms with Crippen LogP contribution in [0.1, 0.15) is 36.8 Å². The van der Waals surface area contributed by atoms with E-state index in [1.54, 1.807) is 6.20 Å². The monoisotopic (exact) mass is 315 g/mol. The number of nitrogens with zero attached hydrogens (tertiary/aromatic N) is 4. The highest BCUT2D eigenvalue weighted by molar-refractivity contribution is 5.92. The smallest absolute Gasteiger partial charge is 0.231 e. The van der Waals surface area contributed by atoms with E-state index in [1.807, 2.05) is 37.7 Å². The van der Waals surface area contributed by atoms with E-state index in [9.17, 15) is 4.79 Å². The maximum atomic E-state index is 12.7. The molecule has 1 fully saturated rings. The molecule has 23 heavy (non-hydrogen) atoms. The van der Waals surface area contributed by atoms with Crippen molar-refractivity contribution in [3.05, 3.63) is 35.8 Å². The van der Waals surface area contributed by atoms with Crippen LogP contribution in [-0.4, -0.2) is 32.0 Å². The SMILES string of the molecule is CCc1cc(NC(=O)[C@@H]2CCO[C@H]2c2nccn2C)nc(C)n1.